The molecular formula is C22H27N3S. The Morgan fingerprint density at radius 2 is 1.73 bits per heavy atom. The Morgan fingerprint density at radius 1 is 1.04 bits per heavy atom. The molecule has 1 aromatic carbocycles. The van der Waals surface area contributed by atoms with Crippen molar-refractivity contribution in [3.63, 3.8) is 0 Å². The summed E-state index contributed by atoms with van der Waals surface area (Å²) in [5.74, 6) is 3.07. The molecule has 26 heavy (non-hydrogen) atoms. The third-order valence-electron chi connectivity index (χ3n) is 5.41. The fourth-order valence-corrected chi connectivity index (χ4v) is 5.11. The third-order valence-corrected chi connectivity index (χ3v) is 6.29. The maximum Gasteiger partial charge on any atom is 0.141 e. The van der Waals surface area contributed by atoms with Crippen LogP contribution in [-0.2, 0) is 0 Å². The Kier molecular flexibility index (Phi) is 4.70. The van der Waals surface area contributed by atoms with Gasteiger partial charge in [-0.25, -0.2) is 9.97 Å². The van der Waals surface area contributed by atoms with Crippen LogP contribution in [0, 0.1) is 11.8 Å². The molecule has 4 rings (SSSR count). The quantitative estimate of drug-likeness (QED) is 0.573. The van der Waals surface area contributed by atoms with Crippen LogP contribution in [0.2, 0.25) is 0 Å². The highest BCUT2D eigenvalue weighted by Gasteiger charge is 2.25. The number of piperidine rings is 1. The predicted molar refractivity (Wildman–Crippen MR) is 112 cm³/mol. The summed E-state index contributed by atoms with van der Waals surface area (Å²) in [5, 5.41) is 3.46. The van der Waals surface area contributed by atoms with Gasteiger partial charge in [-0.3, -0.25) is 0 Å². The van der Waals surface area contributed by atoms with Gasteiger partial charge in [-0.1, -0.05) is 52.0 Å². The van der Waals surface area contributed by atoms with Crippen LogP contribution < -0.4 is 4.90 Å². The number of rotatable bonds is 3. The zero-order valence-electron chi connectivity index (χ0n) is 16.1. The van der Waals surface area contributed by atoms with Gasteiger partial charge in [0.1, 0.15) is 17.0 Å². The van der Waals surface area contributed by atoms with E-state index in [0.29, 0.717) is 17.8 Å². The van der Waals surface area contributed by atoms with Crippen molar-refractivity contribution in [3.8, 4) is 11.1 Å². The normalized spacial score (nSPS) is 20.9. The number of aromatic nitrogens is 2. The first-order chi connectivity index (χ1) is 12.5. The number of hydrogen-bond donors (Lipinski definition) is 0. The largest absolute Gasteiger partial charge is 0.355 e. The van der Waals surface area contributed by atoms with E-state index in [0.717, 1.165) is 23.7 Å². The predicted octanol–water partition coefficient (Wildman–Crippen LogP) is 5.96. The standard InChI is InChI=1S/C22H27N3S/c1-14(2)17-5-7-18(8-6-17)19-12-26-22-20(19)21(23-13-24-22)25-10-15(3)9-16(4)11-25/h5-8,12-16H,9-11H2,1-4H3. The Balaban J connectivity index is 1.79. The first-order valence-corrected chi connectivity index (χ1v) is 10.5. The topological polar surface area (TPSA) is 29.0 Å². The lowest BCUT2D eigenvalue weighted by molar-refractivity contribution is 0.356. The van der Waals surface area contributed by atoms with Gasteiger partial charge in [0.05, 0.1) is 5.39 Å². The van der Waals surface area contributed by atoms with Gasteiger partial charge in [0.15, 0.2) is 0 Å². The molecule has 1 saturated heterocycles. The van der Waals surface area contributed by atoms with E-state index in [1.54, 1.807) is 17.7 Å². The van der Waals surface area contributed by atoms with Crippen LogP contribution in [0.25, 0.3) is 21.3 Å². The molecule has 2 atom stereocenters. The van der Waals surface area contributed by atoms with Crippen LogP contribution >= 0.6 is 11.3 Å². The molecule has 0 aliphatic carbocycles. The molecule has 3 aromatic rings. The van der Waals surface area contributed by atoms with Gasteiger partial charge in [0.2, 0.25) is 0 Å². The van der Waals surface area contributed by atoms with Crippen LogP contribution in [0.5, 0.6) is 0 Å². The molecule has 136 valence electrons. The van der Waals surface area contributed by atoms with Crippen molar-refractivity contribution in [1.29, 1.82) is 0 Å². The van der Waals surface area contributed by atoms with Gasteiger partial charge in [-0.2, -0.15) is 0 Å². The molecule has 2 unspecified atom stereocenters. The van der Waals surface area contributed by atoms with E-state index in [2.05, 4.69) is 67.2 Å². The molecule has 4 heteroatoms. The number of nitrogens with zero attached hydrogens (tertiary/aromatic N) is 3. The van der Waals surface area contributed by atoms with Crippen molar-refractivity contribution in [2.45, 2.75) is 40.0 Å². The summed E-state index contributed by atoms with van der Waals surface area (Å²) in [6, 6.07) is 8.99. The monoisotopic (exact) mass is 365 g/mol. The fraction of sp³-hybridized carbons (Fsp3) is 0.455. The summed E-state index contributed by atoms with van der Waals surface area (Å²) in [6.45, 7) is 11.3. The van der Waals surface area contributed by atoms with Gasteiger partial charge in [-0.15, -0.1) is 11.3 Å². The second kappa shape index (κ2) is 6.99. The summed E-state index contributed by atoms with van der Waals surface area (Å²) in [7, 11) is 0. The van der Waals surface area contributed by atoms with E-state index in [4.69, 9.17) is 4.98 Å². The molecule has 3 heterocycles. The summed E-state index contributed by atoms with van der Waals surface area (Å²) in [6.07, 6.45) is 3.03. The molecule has 2 aromatic heterocycles. The first kappa shape index (κ1) is 17.5. The Bertz CT molecular complexity index is 887. The van der Waals surface area contributed by atoms with Crippen LogP contribution in [0.1, 0.15) is 45.6 Å². The Labute approximate surface area is 160 Å². The summed E-state index contributed by atoms with van der Waals surface area (Å²) >= 11 is 1.72. The lowest BCUT2D eigenvalue weighted by atomic mass is 9.91. The Morgan fingerprint density at radius 3 is 2.38 bits per heavy atom. The zero-order chi connectivity index (χ0) is 18.3. The number of anilines is 1. The van der Waals surface area contributed by atoms with Crippen molar-refractivity contribution in [1.82, 2.24) is 9.97 Å². The molecule has 1 aliphatic heterocycles. The van der Waals surface area contributed by atoms with E-state index in [9.17, 15) is 0 Å². The number of thiophene rings is 1. The minimum absolute atomic E-state index is 0.554. The smallest absolute Gasteiger partial charge is 0.141 e. The van der Waals surface area contributed by atoms with Crippen molar-refractivity contribution in [3.05, 3.63) is 41.5 Å². The van der Waals surface area contributed by atoms with E-state index in [-0.39, 0.29) is 0 Å². The zero-order valence-corrected chi connectivity index (χ0v) is 16.9. The molecule has 1 fully saturated rings. The van der Waals surface area contributed by atoms with Crippen LogP contribution in [-0.4, -0.2) is 23.1 Å². The second-order valence-corrected chi connectivity index (χ2v) is 9.01. The molecule has 1 aliphatic rings. The van der Waals surface area contributed by atoms with Gasteiger partial charge in [0.25, 0.3) is 0 Å². The average Bonchev–Trinajstić information content (AvgIpc) is 3.05. The van der Waals surface area contributed by atoms with Crippen molar-refractivity contribution >= 4 is 27.4 Å². The number of hydrogen-bond acceptors (Lipinski definition) is 4. The van der Waals surface area contributed by atoms with Crippen molar-refractivity contribution in [2.75, 3.05) is 18.0 Å². The van der Waals surface area contributed by atoms with Gasteiger partial charge >= 0.3 is 0 Å². The molecule has 0 spiro atoms. The fourth-order valence-electron chi connectivity index (χ4n) is 4.20. The number of fused-ring (bicyclic) bond motifs is 1. The van der Waals surface area contributed by atoms with Gasteiger partial charge in [0, 0.05) is 24.0 Å². The van der Waals surface area contributed by atoms with Crippen LogP contribution in [0.3, 0.4) is 0 Å². The molecule has 0 bridgehead atoms. The highest BCUT2D eigenvalue weighted by molar-refractivity contribution is 7.17. The van der Waals surface area contributed by atoms with Crippen molar-refractivity contribution < 1.29 is 0 Å². The van der Waals surface area contributed by atoms with E-state index in [1.807, 2.05) is 0 Å². The molecule has 0 saturated carbocycles. The van der Waals surface area contributed by atoms with Crippen LogP contribution in [0.4, 0.5) is 5.82 Å². The average molecular weight is 366 g/mol. The first-order valence-electron chi connectivity index (χ1n) is 9.60. The lowest BCUT2D eigenvalue weighted by Crippen LogP contribution is -2.39. The van der Waals surface area contributed by atoms with Gasteiger partial charge in [-0.05, 0) is 35.3 Å². The van der Waals surface area contributed by atoms with E-state index >= 15 is 0 Å². The molecule has 3 nitrogen and oxygen atoms in total. The maximum atomic E-state index is 4.73. The highest BCUT2D eigenvalue weighted by atomic mass is 32.1. The second-order valence-electron chi connectivity index (χ2n) is 8.15. The molecule has 0 N–H and O–H groups in total. The van der Waals surface area contributed by atoms with Gasteiger partial charge < -0.3 is 4.90 Å². The minimum atomic E-state index is 0.554. The summed E-state index contributed by atoms with van der Waals surface area (Å²) in [5.41, 5.74) is 3.90. The molecular weight excluding hydrogens is 338 g/mol. The highest BCUT2D eigenvalue weighted by Crippen LogP contribution is 2.39. The van der Waals surface area contributed by atoms with E-state index in [1.165, 1.54) is 28.5 Å². The minimum Gasteiger partial charge on any atom is -0.355 e. The third kappa shape index (κ3) is 3.23. The summed E-state index contributed by atoms with van der Waals surface area (Å²) < 4.78 is 0. The Hall–Kier alpha value is -1.94. The maximum absolute atomic E-state index is 4.73. The number of benzene rings is 1. The van der Waals surface area contributed by atoms with Crippen molar-refractivity contribution in [2.24, 2.45) is 11.8 Å². The molecule has 0 radical (unpaired) electrons. The van der Waals surface area contributed by atoms with E-state index < -0.39 is 0 Å². The molecule has 0 amide bonds. The summed E-state index contributed by atoms with van der Waals surface area (Å²) in [4.78, 5) is 12.8. The SMILES string of the molecule is CC1CC(C)CN(c2ncnc3scc(-c4ccc(C(C)C)cc4)c23)C1. The van der Waals surface area contributed by atoms with Crippen LogP contribution in [0.15, 0.2) is 36.0 Å². The lowest BCUT2D eigenvalue weighted by Gasteiger charge is -2.36.